The SMILES string of the molecule is NCC(=O)NC(Cc1ccccc1)C(=O)N1CC(O)CC1C(=O)NCC(=O)N1CCCC1C(=O)O. The molecule has 2 aliphatic heterocycles. The predicted molar refractivity (Wildman–Crippen MR) is 123 cm³/mol. The molecule has 0 saturated carbocycles. The zero-order valence-electron chi connectivity index (χ0n) is 19.3. The van der Waals surface area contributed by atoms with Crippen molar-refractivity contribution in [3.8, 4) is 0 Å². The predicted octanol–water partition coefficient (Wildman–Crippen LogP) is -2.17. The molecule has 0 radical (unpaired) electrons. The van der Waals surface area contributed by atoms with Gasteiger partial charge in [-0.1, -0.05) is 30.3 Å². The lowest BCUT2D eigenvalue weighted by molar-refractivity contribution is -0.148. The van der Waals surface area contributed by atoms with E-state index >= 15 is 0 Å². The highest BCUT2D eigenvalue weighted by Crippen LogP contribution is 2.21. The minimum atomic E-state index is -1.10. The molecular formula is C23H31N5O7. The summed E-state index contributed by atoms with van der Waals surface area (Å²) in [6.45, 7) is -0.558. The molecule has 12 nitrogen and oxygen atoms in total. The standard InChI is InChI=1S/C23H31N5O7/c24-11-19(30)26-16(9-14-5-2-1-3-6-14)22(33)28-13-15(29)10-18(28)21(32)25-12-20(31)27-8-4-7-17(27)23(34)35/h1-3,5-6,15-18,29H,4,7-13,24H2,(H,25,32)(H,26,30)(H,34,35). The van der Waals surface area contributed by atoms with E-state index in [-0.39, 0.29) is 25.9 Å². The Labute approximate surface area is 202 Å². The van der Waals surface area contributed by atoms with Crippen LogP contribution >= 0.6 is 0 Å². The summed E-state index contributed by atoms with van der Waals surface area (Å²) in [5, 5.41) is 24.5. The Morgan fingerprint density at radius 3 is 2.46 bits per heavy atom. The maximum absolute atomic E-state index is 13.4. The molecule has 6 N–H and O–H groups in total. The number of hydrogen-bond acceptors (Lipinski definition) is 7. The molecule has 35 heavy (non-hydrogen) atoms. The van der Waals surface area contributed by atoms with E-state index in [4.69, 9.17) is 5.73 Å². The van der Waals surface area contributed by atoms with E-state index in [1.165, 1.54) is 9.80 Å². The van der Waals surface area contributed by atoms with Crippen LogP contribution in [0.15, 0.2) is 30.3 Å². The van der Waals surface area contributed by atoms with Gasteiger partial charge in [-0.2, -0.15) is 0 Å². The summed E-state index contributed by atoms with van der Waals surface area (Å²) in [5.74, 6) is -3.36. The number of nitrogens with zero attached hydrogens (tertiary/aromatic N) is 2. The van der Waals surface area contributed by atoms with Crippen LogP contribution in [-0.4, -0.2) is 100 Å². The molecule has 0 bridgehead atoms. The lowest BCUT2D eigenvalue weighted by Crippen LogP contribution is -2.55. The summed E-state index contributed by atoms with van der Waals surface area (Å²) in [6, 6.07) is 6.03. The second-order valence-corrected chi connectivity index (χ2v) is 8.71. The number of carboxylic acids is 1. The van der Waals surface area contributed by atoms with E-state index in [2.05, 4.69) is 10.6 Å². The average molecular weight is 490 g/mol. The Balaban J connectivity index is 1.68. The van der Waals surface area contributed by atoms with Gasteiger partial charge in [0.05, 0.1) is 19.2 Å². The normalized spacial score (nSPS) is 22.5. The van der Waals surface area contributed by atoms with Crippen molar-refractivity contribution in [2.45, 2.75) is 49.9 Å². The van der Waals surface area contributed by atoms with Crippen LogP contribution in [-0.2, 0) is 30.4 Å². The summed E-state index contributed by atoms with van der Waals surface area (Å²) < 4.78 is 0. The van der Waals surface area contributed by atoms with Gasteiger partial charge < -0.3 is 36.4 Å². The fourth-order valence-electron chi connectivity index (χ4n) is 4.51. The van der Waals surface area contributed by atoms with Crippen LogP contribution in [0.5, 0.6) is 0 Å². The fraction of sp³-hybridized carbons (Fsp3) is 0.522. The van der Waals surface area contributed by atoms with Crippen molar-refractivity contribution in [1.82, 2.24) is 20.4 Å². The summed E-state index contributed by atoms with van der Waals surface area (Å²) in [6.07, 6.45) is 0.0871. The van der Waals surface area contributed by atoms with Gasteiger partial charge in [-0.25, -0.2) is 4.79 Å². The van der Waals surface area contributed by atoms with Crippen molar-refractivity contribution in [2.24, 2.45) is 5.73 Å². The number of aliphatic carboxylic acids is 1. The average Bonchev–Trinajstić information content (AvgIpc) is 3.49. The molecule has 1 aromatic carbocycles. The second kappa shape index (κ2) is 11.8. The first-order valence-corrected chi connectivity index (χ1v) is 11.5. The van der Waals surface area contributed by atoms with E-state index in [0.29, 0.717) is 19.4 Å². The Morgan fingerprint density at radius 1 is 1.09 bits per heavy atom. The van der Waals surface area contributed by atoms with E-state index in [9.17, 15) is 34.2 Å². The number of amides is 4. The molecule has 2 aliphatic rings. The first-order chi connectivity index (χ1) is 16.7. The van der Waals surface area contributed by atoms with Crippen molar-refractivity contribution in [3.63, 3.8) is 0 Å². The summed E-state index contributed by atoms with van der Waals surface area (Å²) in [4.78, 5) is 64.4. The third-order valence-electron chi connectivity index (χ3n) is 6.24. The van der Waals surface area contributed by atoms with E-state index in [1.807, 2.05) is 6.07 Å². The van der Waals surface area contributed by atoms with Crippen LogP contribution in [0.4, 0.5) is 0 Å². The molecule has 2 heterocycles. The van der Waals surface area contributed by atoms with Crippen molar-refractivity contribution in [1.29, 1.82) is 0 Å². The summed E-state index contributed by atoms with van der Waals surface area (Å²) in [7, 11) is 0. The Kier molecular flexibility index (Phi) is 8.77. The fourth-order valence-corrected chi connectivity index (χ4v) is 4.51. The van der Waals surface area contributed by atoms with Gasteiger partial charge in [0.25, 0.3) is 0 Å². The van der Waals surface area contributed by atoms with Crippen molar-refractivity contribution >= 4 is 29.6 Å². The Morgan fingerprint density at radius 2 is 1.80 bits per heavy atom. The highest BCUT2D eigenvalue weighted by atomic mass is 16.4. The van der Waals surface area contributed by atoms with Crippen LogP contribution in [0.1, 0.15) is 24.8 Å². The molecule has 0 spiro atoms. The zero-order valence-corrected chi connectivity index (χ0v) is 19.3. The van der Waals surface area contributed by atoms with Gasteiger partial charge in [0.2, 0.25) is 23.6 Å². The van der Waals surface area contributed by atoms with Crippen LogP contribution in [0.3, 0.4) is 0 Å². The smallest absolute Gasteiger partial charge is 0.326 e. The van der Waals surface area contributed by atoms with E-state index < -0.39 is 60.4 Å². The summed E-state index contributed by atoms with van der Waals surface area (Å²) >= 11 is 0. The van der Waals surface area contributed by atoms with Gasteiger partial charge in [-0.05, 0) is 18.4 Å². The maximum atomic E-state index is 13.4. The number of aliphatic hydroxyl groups is 1. The molecule has 190 valence electrons. The minimum Gasteiger partial charge on any atom is -0.480 e. The number of carboxylic acid groups (broad SMARTS) is 1. The lowest BCUT2D eigenvalue weighted by Gasteiger charge is -2.29. The highest BCUT2D eigenvalue weighted by Gasteiger charge is 2.42. The van der Waals surface area contributed by atoms with E-state index in [0.717, 1.165) is 5.56 Å². The van der Waals surface area contributed by atoms with Crippen LogP contribution in [0.25, 0.3) is 0 Å². The van der Waals surface area contributed by atoms with Crippen molar-refractivity contribution in [3.05, 3.63) is 35.9 Å². The van der Waals surface area contributed by atoms with Gasteiger partial charge in [-0.3, -0.25) is 19.2 Å². The monoisotopic (exact) mass is 489 g/mol. The number of benzene rings is 1. The minimum absolute atomic E-state index is 0.0316. The van der Waals surface area contributed by atoms with Gasteiger partial charge in [0.1, 0.15) is 18.1 Å². The first kappa shape index (κ1) is 26.1. The van der Waals surface area contributed by atoms with Gasteiger partial charge in [0.15, 0.2) is 0 Å². The van der Waals surface area contributed by atoms with Crippen LogP contribution < -0.4 is 16.4 Å². The van der Waals surface area contributed by atoms with Crippen molar-refractivity contribution < 1.29 is 34.2 Å². The topological polar surface area (TPSA) is 182 Å². The molecule has 12 heteroatoms. The highest BCUT2D eigenvalue weighted by molar-refractivity contribution is 5.94. The molecule has 0 aliphatic carbocycles. The molecule has 0 aromatic heterocycles. The number of aliphatic hydroxyl groups excluding tert-OH is 1. The molecule has 2 saturated heterocycles. The number of nitrogens with one attached hydrogen (secondary N) is 2. The number of likely N-dealkylation sites (tertiary alicyclic amines) is 2. The van der Waals surface area contributed by atoms with E-state index in [1.54, 1.807) is 24.3 Å². The molecule has 4 unspecified atom stereocenters. The lowest BCUT2D eigenvalue weighted by atomic mass is 10.0. The molecular weight excluding hydrogens is 458 g/mol. The largest absolute Gasteiger partial charge is 0.480 e. The number of nitrogens with two attached hydrogens (primary N) is 1. The van der Waals surface area contributed by atoms with Gasteiger partial charge in [-0.15, -0.1) is 0 Å². The van der Waals surface area contributed by atoms with Crippen molar-refractivity contribution in [2.75, 3.05) is 26.2 Å². The Bertz CT molecular complexity index is 957. The zero-order chi connectivity index (χ0) is 25.5. The van der Waals surface area contributed by atoms with Gasteiger partial charge >= 0.3 is 5.97 Å². The van der Waals surface area contributed by atoms with Crippen LogP contribution in [0, 0.1) is 0 Å². The molecule has 2 fully saturated rings. The Hall–Kier alpha value is -3.51. The quantitative estimate of drug-likeness (QED) is 0.259. The third-order valence-corrected chi connectivity index (χ3v) is 6.24. The number of rotatable bonds is 9. The molecule has 4 atom stereocenters. The summed E-state index contributed by atoms with van der Waals surface area (Å²) in [5.41, 5.74) is 6.18. The third kappa shape index (κ3) is 6.55. The number of β-amino-alcohol motifs (C(OH)–C–C–N with tert-alkyl or cyclic N) is 1. The molecule has 4 amide bonds. The first-order valence-electron chi connectivity index (χ1n) is 11.5. The molecule has 3 rings (SSSR count). The number of carbonyl (C=O) groups is 5. The van der Waals surface area contributed by atoms with Gasteiger partial charge in [0, 0.05) is 25.9 Å². The maximum Gasteiger partial charge on any atom is 0.326 e. The van der Waals surface area contributed by atoms with Crippen LogP contribution in [0.2, 0.25) is 0 Å². The number of carbonyl (C=O) groups excluding carboxylic acids is 4. The number of hydrogen-bond donors (Lipinski definition) is 5. The second-order valence-electron chi connectivity index (χ2n) is 8.71. The molecule has 1 aromatic rings.